The van der Waals surface area contributed by atoms with Crippen LogP contribution in [0.25, 0.3) is 0 Å². The van der Waals surface area contributed by atoms with Gasteiger partial charge in [-0.2, -0.15) is 0 Å². The average molecular weight is 206 g/mol. The summed E-state index contributed by atoms with van der Waals surface area (Å²) < 4.78 is 5.38. The number of ether oxygens (including phenoxy) is 1. The first-order valence-electron chi connectivity index (χ1n) is 4.51. The van der Waals surface area contributed by atoms with Crippen molar-refractivity contribution in [3.05, 3.63) is 29.8 Å². The van der Waals surface area contributed by atoms with Crippen LogP contribution >= 0.6 is 11.8 Å². The van der Waals surface area contributed by atoms with Crippen LogP contribution in [0, 0.1) is 12.3 Å². The lowest BCUT2D eigenvalue weighted by Gasteiger charge is -2.03. The second-order valence-electron chi connectivity index (χ2n) is 2.85. The third-order valence-corrected chi connectivity index (χ3v) is 2.56. The van der Waals surface area contributed by atoms with E-state index in [9.17, 15) is 0 Å². The minimum absolute atomic E-state index is 0.640. The minimum atomic E-state index is 0.640. The molecule has 0 heterocycles. The van der Waals surface area contributed by atoms with Gasteiger partial charge in [-0.05, 0) is 24.0 Å². The molecule has 0 aromatic heterocycles. The van der Waals surface area contributed by atoms with Crippen LogP contribution in [0.4, 0.5) is 0 Å². The minimum Gasteiger partial charge on any atom is -0.376 e. The molecule has 1 nitrogen and oxygen atoms in total. The first-order chi connectivity index (χ1) is 6.86. The van der Waals surface area contributed by atoms with E-state index in [-0.39, 0.29) is 0 Å². The Morgan fingerprint density at radius 3 is 2.64 bits per heavy atom. The summed E-state index contributed by atoms with van der Waals surface area (Å²) in [6, 6.07) is 8.37. The molecule has 0 saturated heterocycles. The van der Waals surface area contributed by atoms with Crippen LogP contribution in [0.15, 0.2) is 29.2 Å². The van der Waals surface area contributed by atoms with E-state index in [4.69, 9.17) is 11.2 Å². The molecule has 0 spiro atoms. The highest BCUT2D eigenvalue weighted by molar-refractivity contribution is 7.98. The molecule has 0 N–H and O–H groups in total. The summed E-state index contributed by atoms with van der Waals surface area (Å²) in [6.07, 6.45) is 7.86. The van der Waals surface area contributed by atoms with Crippen LogP contribution in [-0.2, 0) is 11.3 Å². The summed E-state index contributed by atoms with van der Waals surface area (Å²) >= 11 is 1.74. The second kappa shape index (κ2) is 6.53. The molecule has 0 atom stereocenters. The molecule has 1 aromatic carbocycles. The maximum Gasteiger partial charge on any atom is 0.0717 e. The molecule has 74 valence electrons. The van der Waals surface area contributed by atoms with Gasteiger partial charge in [0.1, 0.15) is 0 Å². The predicted molar refractivity (Wildman–Crippen MR) is 61.3 cm³/mol. The quantitative estimate of drug-likeness (QED) is 0.416. The molecule has 0 aliphatic rings. The Labute approximate surface area is 89.9 Å². The highest BCUT2D eigenvalue weighted by atomic mass is 32.2. The molecule has 0 aliphatic heterocycles. The van der Waals surface area contributed by atoms with E-state index >= 15 is 0 Å². The molecule has 1 rings (SSSR count). The van der Waals surface area contributed by atoms with E-state index in [0.717, 1.165) is 0 Å². The normalized spacial score (nSPS) is 9.71. The molecule has 2 heteroatoms. The zero-order valence-corrected chi connectivity index (χ0v) is 9.14. The van der Waals surface area contributed by atoms with E-state index in [1.807, 2.05) is 0 Å². The van der Waals surface area contributed by atoms with Crippen molar-refractivity contribution < 1.29 is 4.74 Å². The Morgan fingerprint density at radius 2 is 2.07 bits per heavy atom. The maximum absolute atomic E-state index is 5.38. The van der Waals surface area contributed by atoms with Gasteiger partial charge in [-0.1, -0.05) is 12.1 Å². The smallest absolute Gasteiger partial charge is 0.0717 e. The highest BCUT2D eigenvalue weighted by Gasteiger charge is 1.93. The summed E-state index contributed by atoms with van der Waals surface area (Å²) in [5, 5.41) is 0. The van der Waals surface area contributed by atoms with Gasteiger partial charge in [0.05, 0.1) is 13.2 Å². The SMILES string of the molecule is C#CCCOCc1ccc(SC)cc1. The van der Waals surface area contributed by atoms with Crippen molar-refractivity contribution in [2.24, 2.45) is 0 Å². The van der Waals surface area contributed by atoms with Gasteiger partial charge in [-0.25, -0.2) is 0 Å². The van der Waals surface area contributed by atoms with Crippen molar-refractivity contribution in [1.82, 2.24) is 0 Å². The van der Waals surface area contributed by atoms with E-state index in [2.05, 4.69) is 36.4 Å². The van der Waals surface area contributed by atoms with Crippen molar-refractivity contribution in [2.75, 3.05) is 12.9 Å². The van der Waals surface area contributed by atoms with Gasteiger partial charge in [0, 0.05) is 11.3 Å². The molecule has 0 aliphatic carbocycles. The van der Waals surface area contributed by atoms with Crippen molar-refractivity contribution in [1.29, 1.82) is 0 Å². The molecule has 0 saturated carbocycles. The number of hydrogen-bond donors (Lipinski definition) is 0. The summed E-state index contributed by atoms with van der Waals surface area (Å²) in [4.78, 5) is 1.28. The molecular weight excluding hydrogens is 192 g/mol. The number of rotatable bonds is 5. The van der Waals surface area contributed by atoms with E-state index in [1.165, 1.54) is 10.5 Å². The fourth-order valence-corrected chi connectivity index (χ4v) is 1.45. The van der Waals surface area contributed by atoms with Crippen molar-refractivity contribution in [3.63, 3.8) is 0 Å². The molecule has 0 amide bonds. The van der Waals surface area contributed by atoms with E-state index in [0.29, 0.717) is 19.6 Å². The lowest BCUT2D eigenvalue weighted by Crippen LogP contribution is -1.94. The standard InChI is InChI=1S/C12H14OS/c1-3-4-9-13-10-11-5-7-12(14-2)8-6-11/h1,5-8H,4,9-10H2,2H3. The van der Waals surface area contributed by atoms with E-state index < -0.39 is 0 Å². The van der Waals surface area contributed by atoms with Crippen molar-refractivity contribution in [2.45, 2.75) is 17.9 Å². The third kappa shape index (κ3) is 3.87. The lowest BCUT2D eigenvalue weighted by atomic mass is 10.2. The first kappa shape index (κ1) is 11.2. The van der Waals surface area contributed by atoms with Gasteiger partial charge in [-0.3, -0.25) is 0 Å². The largest absolute Gasteiger partial charge is 0.376 e. The lowest BCUT2D eigenvalue weighted by molar-refractivity contribution is 0.126. The topological polar surface area (TPSA) is 9.23 Å². The zero-order valence-electron chi connectivity index (χ0n) is 8.32. The van der Waals surface area contributed by atoms with Crippen LogP contribution in [0.1, 0.15) is 12.0 Å². The molecule has 0 fully saturated rings. The average Bonchev–Trinajstić information content (AvgIpc) is 2.25. The van der Waals surface area contributed by atoms with Gasteiger partial charge in [0.15, 0.2) is 0 Å². The van der Waals surface area contributed by atoms with Crippen LogP contribution in [0.3, 0.4) is 0 Å². The summed E-state index contributed by atoms with van der Waals surface area (Å²) in [7, 11) is 0. The Bertz CT molecular complexity index is 297. The number of benzene rings is 1. The molecule has 0 unspecified atom stereocenters. The molecule has 0 radical (unpaired) electrons. The van der Waals surface area contributed by atoms with Crippen LogP contribution in [-0.4, -0.2) is 12.9 Å². The van der Waals surface area contributed by atoms with Crippen molar-refractivity contribution >= 4 is 11.8 Å². The zero-order chi connectivity index (χ0) is 10.2. The third-order valence-electron chi connectivity index (χ3n) is 1.82. The number of terminal acetylenes is 1. The monoisotopic (exact) mass is 206 g/mol. The van der Waals surface area contributed by atoms with Crippen LogP contribution < -0.4 is 0 Å². The second-order valence-corrected chi connectivity index (χ2v) is 3.73. The molecule has 14 heavy (non-hydrogen) atoms. The van der Waals surface area contributed by atoms with Crippen LogP contribution in [0.5, 0.6) is 0 Å². The van der Waals surface area contributed by atoms with Gasteiger partial charge in [0.2, 0.25) is 0 Å². The van der Waals surface area contributed by atoms with Gasteiger partial charge < -0.3 is 4.74 Å². The van der Waals surface area contributed by atoms with Gasteiger partial charge >= 0.3 is 0 Å². The maximum atomic E-state index is 5.38. The summed E-state index contributed by atoms with van der Waals surface area (Å²) in [5.74, 6) is 2.54. The summed E-state index contributed by atoms with van der Waals surface area (Å²) in [5.41, 5.74) is 1.19. The Balaban J connectivity index is 2.33. The van der Waals surface area contributed by atoms with Gasteiger partial charge in [-0.15, -0.1) is 24.1 Å². The predicted octanol–water partition coefficient (Wildman–Crippen LogP) is 2.95. The Kier molecular flexibility index (Phi) is 5.21. The van der Waals surface area contributed by atoms with Crippen LogP contribution in [0.2, 0.25) is 0 Å². The summed E-state index contributed by atoms with van der Waals surface area (Å²) in [6.45, 7) is 1.29. The molecule has 0 bridgehead atoms. The highest BCUT2D eigenvalue weighted by Crippen LogP contribution is 2.15. The molecular formula is C12H14OS. The Morgan fingerprint density at radius 1 is 1.36 bits per heavy atom. The fourth-order valence-electron chi connectivity index (χ4n) is 1.04. The molecule has 1 aromatic rings. The first-order valence-corrected chi connectivity index (χ1v) is 5.73. The van der Waals surface area contributed by atoms with Gasteiger partial charge in [0.25, 0.3) is 0 Å². The van der Waals surface area contributed by atoms with Crippen molar-refractivity contribution in [3.8, 4) is 12.3 Å². The Hall–Kier alpha value is -0.910. The van der Waals surface area contributed by atoms with E-state index in [1.54, 1.807) is 11.8 Å². The number of thioether (sulfide) groups is 1. The fraction of sp³-hybridized carbons (Fsp3) is 0.333. The number of hydrogen-bond acceptors (Lipinski definition) is 2.